The summed E-state index contributed by atoms with van der Waals surface area (Å²) in [5.41, 5.74) is 3.94. The van der Waals surface area contributed by atoms with Gasteiger partial charge < -0.3 is 14.5 Å². The van der Waals surface area contributed by atoms with Gasteiger partial charge in [-0.3, -0.25) is 4.79 Å². The molecule has 1 aliphatic rings. The second-order valence-corrected chi connectivity index (χ2v) is 11.9. The third-order valence-corrected chi connectivity index (χ3v) is 8.40. The average molecular weight is 541 g/mol. The SMILES string of the molecule is COC(=O)c1cccc(-c2ccc(C=Nc3sc4c(c3C(=O)Nc3ccccc3)CC[C@H](C(C)(C)C)C4)o2)c1. The number of anilines is 1. The Kier molecular flexibility index (Phi) is 7.53. The number of hydrogen-bond acceptors (Lipinski definition) is 6. The van der Waals surface area contributed by atoms with Crippen LogP contribution in [0.15, 0.2) is 76.1 Å². The fourth-order valence-corrected chi connectivity index (χ4v) is 6.24. The fourth-order valence-electron chi connectivity index (χ4n) is 4.97. The zero-order valence-corrected chi connectivity index (χ0v) is 23.4. The van der Waals surface area contributed by atoms with E-state index in [0.29, 0.717) is 33.6 Å². The van der Waals surface area contributed by atoms with Crippen LogP contribution < -0.4 is 5.32 Å². The Morgan fingerprint density at radius 3 is 2.62 bits per heavy atom. The predicted octanol–water partition coefficient (Wildman–Crippen LogP) is 7.95. The van der Waals surface area contributed by atoms with Gasteiger partial charge in [-0.1, -0.05) is 51.1 Å². The molecule has 0 saturated carbocycles. The van der Waals surface area contributed by atoms with Gasteiger partial charge in [0.25, 0.3) is 5.91 Å². The maximum Gasteiger partial charge on any atom is 0.337 e. The molecule has 4 aromatic rings. The van der Waals surface area contributed by atoms with Crippen molar-refractivity contribution in [1.29, 1.82) is 0 Å². The van der Waals surface area contributed by atoms with Gasteiger partial charge in [0.1, 0.15) is 16.5 Å². The first kappa shape index (κ1) is 26.6. The van der Waals surface area contributed by atoms with E-state index in [-0.39, 0.29) is 11.3 Å². The lowest BCUT2D eigenvalue weighted by Gasteiger charge is -2.33. The summed E-state index contributed by atoms with van der Waals surface area (Å²) in [6.45, 7) is 6.86. The average Bonchev–Trinajstić information content (AvgIpc) is 3.56. The third kappa shape index (κ3) is 5.88. The number of esters is 1. The van der Waals surface area contributed by atoms with Crippen LogP contribution in [-0.4, -0.2) is 25.2 Å². The lowest BCUT2D eigenvalue weighted by Crippen LogP contribution is -2.27. The molecule has 5 rings (SSSR count). The molecule has 0 saturated heterocycles. The summed E-state index contributed by atoms with van der Waals surface area (Å²) < 4.78 is 10.8. The molecule has 0 unspecified atom stereocenters. The molecule has 7 heteroatoms. The number of hydrogen-bond donors (Lipinski definition) is 1. The first-order chi connectivity index (χ1) is 18.7. The number of fused-ring (bicyclic) bond motifs is 1. The molecule has 2 heterocycles. The molecule has 0 aliphatic heterocycles. The van der Waals surface area contributed by atoms with Crippen molar-refractivity contribution >= 4 is 40.1 Å². The van der Waals surface area contributed by atoms with E-state index >= 15 is 0 Å². The van der Waals surface area contributed by atoms with E-state index in [2.05, 4.69) is 26.1 Å². The Morgan fingerprint density at radius 1 is 1.08 bits per heavy atom. The zero-order chi connectivity index (χ0) is 27.6. The van der Waals surface area contributed by atoms with Crippen molar-refractivity contribution < 1.29 is 18.7 Å². The van der Waals surface area contributed by atoms with E-state index in [1.165, 1.54) is 12.0 Å². The number of para-hydroxylation sites is 1. The number of benzene rings is 2. The Bertz CT molecular complexity index is 1530. The monoisotopic (exact) mass is 540 g/mol. The minimum absolute atomic E-state index is 0.139. The van der Waals surface area contributed by atoms with Gasteiger partial charge in [0, 0.05) is 16.1 Å². The molecule has 1 amide bonds. The number of methoxy groups -OCH3 is 1. The highest BCUT2D eigenvalue weighted by Crippen LogP contribution is 2.45. The number of ether oxygens (including phenoxy) is 1. The summed E-state index contributed by atoms with van der Waals surface area (Å²) in [5, 5.41) is 3.74. The first-order valence-corrected chi connectivity index (χ1v) is 13.9. The fraction of sp³-hybridized carbons (Fsp3) is 0.281. The number of thiophene rings is 1. The molecule has 1 atom stereocenters. The molecule has 2 aromatic carbocycles. The normalized spacial score (nSPS) is 15.2. The van der Waals surface area contributed by atoms with Crippen LogP contribution in [0.5, 0.6) is 0 Å². The Balaban J connectivity index is 1.45. The lowest BCUT2D eigenvalue weighted by atomic mass is 9.72. The van der Waals surface area contributed by atoms with E-state index in [1.807, 2.05) is 48.5 Å². The molecule has 0 bridgehead atoms. The molecule has 1 N–H and O–H groups in total. The lowest BCUT2D eigenvalue weighted by molar-refractivity contribution is 0.0600. The molecule has 2 aromatic heterocycles. The molecule has 200 valence electrons. The number of nitrogens with zero attached hydrogens (tertiary/aromatic N) is 1. The van der Waals surface area contributed by atoms with Crippen molar-refractivity contribution in [2.75, 3.05) is 12.4 Å². The molecule has 6 nitrogen and oxygen atoms in total. The summed E-state index contributed by atoms with van der Waals surface area (Å²) in [6.07, 6.45) is 4.52. The third-order valence-electron chi connectivity index (χ3n) is 7.23. The quantitative estimate of drug-likeness (QED) is 0.199. The van der Waals surface area contributed by atoms with Crippen LogP contribution in [0.4, 0.5) is 10.7 Å². The Labute approximate surface area is 232 Å². The van der Waals surface area contributed by atoms with Gasteiger partial charge in [0.15, 0.2) is 0 Å². The number of carbonyl (C=O) groups excluding carboxylic acids is 2. The number of aliphatic imine (C=N–C) groups is 1. The summed E-state index contributed by atoms with van der Waals surface area (Å²) in [4.78, 5) is 31.4. The number of carbonyl (C=O) groups is 2. The van der Waals surface area contributed by atoms with Crippen LogP contribution >= 0.6 is 11.3 Å². The molecular weight excluding hydrogens is 508 g/mol. The largest absolute Gasteiger partial charge is 0.465 e. The summed E-state index contributed by atoms with van der Waals surface area (Å²) in [7, 11) is 1.36. The molecule has 0 spiro atoms. The van der Waals surface area contributed by atoms with Crippen molar-refractivity contribution in [3.63, 3.8) is 0 Å². The van der Waals surface area contributed by atoms with Gasteiger partial charge in [0.05, 0.1) is 24.5 Å². The maximum atomic E-state index is 13.5. The molecule has 0 fully saturated rings. The predicted molar refractivity (Wildman–Crippen MR) is 156 cm³/mol. The molecule has 1 aliphatic carbocycles. The number of furan rings is 1. The van der Waals surface area contributed by atoms with E-state index in [1.54, 1.807) is 35.8 Å². The highest BCUT2D eigenvalue weighted by Gasteiger charge is 2.33. The van der Waals surface area contributed by atoms with E-state index in [0.717, 1.165) is 36.1 Å². The Morgan fingerprint density at radius 2 is 1.87 bits per heavy atom. The van der Waals surface area contributed by atoms with Crippen molar-refractivity contribution in [3.8, 4) is 11.3 Å². The van der Waals surface area contributed by atoms with Crippen molar-refractivity contribution in [2.24, 2.45) is 16.3 Å². The molecule has 0 radical (unpaired) electrons. The highest BCUT2D eigenvalue weighted by atomic mass is 32.1. The standard InChI is InChI=1S/C32H32N2O4S/c1-32(2,3)22-13-15-25-27(18-22)39-30(28(25)29(35)34-23-11-6-5-7-12-23)33-19-24-14-16-26(38-24)20-9-8-10-21(17-20)31(36)37-4/h5-12,14,16-17,19,22H,13,15,18H2,1-4H3,(H,34,35)/t22-/m0/s1. The number of nitrogens with one attached hydrogen (secondary N) is 1. The van der Waals surface area contributed by atoms with Crippen LogP contribution in [0.2, 0.25) is 0 Å². The second kappa shape index (κ2) is 11.0. The van der Waals surface area contributed by atoms with Crippen molar-refractivity contribution in [1.82, 2.24) is 0 Å². The Hall–Kier alpha value is -3.97. The summed E-state index contributed by atoms with van der Waals surface area (Å²) >= 11 is 1.60. The van der Waals surface area contributed by atoms with Gasteiger partial charge in [-0.25, -0.2) is 9.79 Å². The molecule has 39 heavy (non-hydrogen) atoms. The van der Waals surface area contributed by atoms with E-state index < -0.39 is 5.97 Å². The van der Waals surface area contributed by atoms with E-state index in [9.17, 15) is 9.59 Å². The van der Waals surface area contributed by atoms with Gasteiger partial charge >= 0.3 is 5.97 Å². The van der Waals surface area contributed by atoms with Crippen LogP contribution in [0.3, 0.4) is 0 Å². The van der Waals surface area contributed by atoms with Crippen LogP contribution in [0.1, 0.15) is 64.1 Å². The van der Waals surface area contributed by atoms with E-state index in [4.69, 9.17) is 14.1 Å². The minimum atomic E-state index is -0.401. The van der Waals surface area contributed by atoms with Crippen LogP contribution in [-0.2, 0) is 17.6 Å². The van der Waals surface area contributed by atoms with Gasteiger partial charge in [0.2, 0.25) is 0 Å². The molecular formula is C32H32N2O4S. The summed E-state index contributed by atoms with van der Waals surface area (Å²) in [5.74, 6) is 1.19. The maximum absolute atomic E-state index is 13.5. The number of rotatable bonds is 6. The van der Waals surface area contributed by atoms with Crippen LogP contribution in [0, 0.1) is 11.3 Å². The summed E-state index contributed by atoms with van der Waals surface area (Å²) in [6, 6.07) is 20.3. The minimum Gasteiger partial charge on any atom is -0.465 e. The first-order valence-electron chi connectivity index (χ1n) is 13.1. The van der Waals surface area contributed by atoms with Gasteiger partial charge in [-0.15, -0.1) is 11.3 Å². The van der Waals surface area contributed by atoms with Crippen molar-refractivity contribution in [3.05, 3.63) is 94.1 Å². The topological polar surface area (TPSA) is 80.9 Å². The second-order valence-electron chi connectivity index (χ2n) is 10.8. The van der Waals surface area contributed by atoms with Crippen LogP contribution in [0.25, 0.3) is 11.3 Å². The highest BCUT2D eigenvalue weighted by molar-refractivity contribution is 7.16. The van der Waals surface area contributed by atoms with Gasteiger partial charge in [-0.2, -0.15) is 0 Å². The van der Waals surface area contributed by atoms with Gasteiger partial charge in [-0.05, 0) is 72.6 Å². The zero-order valence-electron chi connectivity index (χ0n) is 22.6. The number of amides is 1. The van der Waals surface area contributed by atoms with Crippen molar-refractivity contribution in [2.45, 2.75) is 40.0 Å². The smallest absolute Gasteiger partial charge is 0.337 e.